The first-order chi connectivity index (χ1) is 18.3. The number of nitrogens with one attached hydrogen (secondary N) is 2. The highest BCUT2D eigenvalue weighted by molar-refractivity contribution is 7.21. The summed E-state index contributed by atoms with van der Waals surface area (Å²) in [6, 6.07) is 16.3. The number of hydrogen-bond acceptors (Lipinski definition) is 9. The molecule has 9 heteroatoms. The number of benzene rings is 2. The number of rotatable bonds is 7. The van der Waals surface area contributed by atoms with Gasteiger partial charge in [-0.05, 0) is 57.4 Å². The Kier molecular flexibility index (Phi) is 6.55. The first-order valence-corrected chi connectivity index (χ1v) is 13.9. The summed E-state index contributed by atoms with van der Waals surface area (Å²) in [7, 11) is 0. The van der Waals surface area contributed by atoms with E-state index in [1.807, 2.05) is 51.1 Å². The van der Waals surface area contributed by atoms with Gasteiger partial charge in [0.25, 0.3) is 0 Å². The van der Waals surface area contributed by atoms with Gasteiger partial charge in [-0.1, -0.05) is 36.4 Å². The maximum absolute atomic E-state index is 10.1. The van der Waals surface area contributed by atoms with Crippen LogP contribution in [-0.2, 0) is 16.0 Å². The standard InChI is InChI=1S/C29H33N5O3S/c1-16-9-5-6-10-18(16)14-30-28-31-17(2)23(27-33-20-11-7-8-12-22(20)38-27)26(34-28)32-21-13-19(15-35)24-25(21)37-29(3,4)36-24/h5-12,19,21,24-25,35H,13-15H2,1-4H3,(H2,30,31,32,34)/t19-,21-,24-,25+/m1/s1. The lowest BCUT2D eigenvalue weighted by Crippen LogP contribution is -2.35. The lowest BCUT2D eigenvalue weighted by Gasteiger charge is -2.25. The summed E-state index contributed by atoms with van der Waals surface area (Å²) < 4.78 is 13.6. The van der Waals surface area contributed by atoms with Gasteiger partial charge in [0.05, 0.1) is 33.6 Å². The number of anilines is 2. The van der Waals surface area contributed by atoms with Crippen LogP contribution in [0.25, 0.3) is 20.8 Å². The highest BCUT2D eigenvalue weighted by Gasteiger charge is 2.54. The molecule has 4 aromatic rings. The van der Waals surface area contributed by atoms with Gasteiger partial charge in [0.1, 0.15) is 16.9 Å². The van der Waals surface area contributed by atoms with E-state index >= 15 is 0 Å². The van der Waals surface area contributed by atoms with Crippen molar-refractivity contribution in [1.82, 2.24) is 15.0 Å². The lowest BCUT2D eigenvalue weighted by molar-refractivity contribution is -0.158. The molecule has 8 nitrogen and oxygen atoms in total. The van der Waals surface area contributed by atoms with Crippen molar-refractivity contribution in [2.24, 2.45) is 5.92 Å². The summed E-state index contributed by atoms with van der Waals surface area (Å²) in [5.41, 5.74) is 5.09. The van der Waals surface area contributed by atoms with E-state index in [-0.39, 0.29) is 30.8 Å². The third-order valence-electron chi connectivity index (χ3n) is 7.43. The third kappa shape index (κ3) is 4.75. The Hall–Kier alpha value is -3.11. The monoisotopic (exact) mass is 531 g/mol. The second-order valence-corrected chi connectivity index (χ2v) is 11.6. The van der Waals surface area contributed by atoms with Gasteiger partial charge >= 0.3 is 0 Å². The van der Waals surface area contributed by atoms with Gasteiger partial charge in [-0.2, -0.15) is 4.98 Å². The van der Waals surface area contributed by atoms with E-state index in [1.165, 1.54) is 11.1 Å². The molecule has 0 amide bonds. The van der Waals surface area contributed by atoms with Gasteiger partial charge < -0.3 is 25.2 Å². The molecule has 0 unspecified atom stereocenters. The van der Waals surface area contributed by atoms with Crippen molar-refractivity contribution in [3.05, 3.63) is 65.4 Å². The minimum atomic E-state index is -0.694. The Morgan fingerprint density at radius 2 is 1.76 bits per heavy atom. The van der Waals surface area contributed by atoms with Crippen molar-refractivity contribution in [2.75, 3.05) is 17.2 Å². The second-order valence-electron chi connectivity index (χ2n) is 10.6. The first kappa shape index (κ1) is 25.2. The molecule has 1 saturated carbocycles. The zero-order chi connectivity index (χ0) is 26.4. The lowest BCUT2D eigenvalue weighted by atomic mass is 10.1. The summed E-state index contributed by atoms with van der Waals surface area (Å²) in [4.78, 5) is 14.7. The summed E-state index contributed by atoms with van der Waals surface area (Å²) in [5.74, 6) is 0.558. The Labute approximate surface area is 226 Å². The van der Waals surface area contributed by atoms with Crippen LogP contribution in [0, 0.1) is 19.8 Å². The molecule has 4 atom stereocenters. The molecule has 1 saturated heterocycles. The number of aliphatic hydroxyl groups excluding tert-OH is 1. The SMILES string of the molecule is Cc1ccccc1CNc1nc(C)c(-c2nc3ccccc3s2)c(N[C@@H]2C[C@H](CO)[C@H]3OC(C)(C)O[C@H]32)n1. The molecule has 0 bridgehead atoms. The highest BCUT2D eigenvalue weighted by atomic mass is 32.1. The minimum Gasteiger partial charge on any atom is -0.396 e. The Morgan fingerprint density at radius 1 is 1.00 bits per heavy atom. The van der Waals surface area contributed by atoms with Gasteiger partial charge in [0, 0.05) is 19.1 Å². The van der Waals surface area contributed by atoms with Crippen molar-refractivity contribution in [3.63, 3.8) is 0 Å². The van der Waals surface area contributed by atoms with Crippen LogP contribution in [0.3, 0.4) is 0 Å². The van der Waals surface area contributed by atoms with Gasteiger partial charge in [-0.25, -0.2) is 9.97 Å². The molecular formula is C29H33N5O3S. The van der Waals surface area contributed by atoms with E-state index in [0.29, 0.717) is 18.3 Å². The van der Waals surface area contributed by atoms with E-state index < -0.39 is 5.79 Å². The summed E-state index contributed by atoms with van der Waals surface area (Å²) in [6.07, 6.45) is 0.361. The Bertz CT molecular complexity index is 1440. The van der Waals surface area contributed by atoms with E-state index in [9.17, 15) is 5.11 Å². The summed E-state index contributed by atoms with van der Waals surface area (Å²) in [5, 5.41) is 18.0. The number of thiazole rings is 1. The fraction of sp³-hybridized carbons (Fsp3) is 0.414. The number of para-hydroxylation sites is 1. The molecule has 3 heterocycles. The van der Waals surface area contributed by atoms with Crippen LogP contribution in [0.5, 0.6) is 0 Å². The quantitative estimate of drug-likeness (QED) is 0.296. The number of aromatic nitrogens is 3. The minimum absolute atomic E-state index is 0.00763. The smallest absolute Gasteiger partial charge is 0.225 e. The normalized spacial score (nSPS) is 24.0. The molecule has 1 aliphatic carbocycles. The fourth-order valence-electron chi connectivity index (χ4n) is 5.56. The average Bonchev–Trinajstić information content (AvgIpc) is 3.54. The largest absolute Gasteiger partial charge is 0.396 e. The maximum Gasteiger partial charge on any atom is 0.225 e. The van der Waals surface area contributed by atoms with Crippen molar-refractivity contribution in [2.45, 2.75) is 64.7 Å². The van der Waals surface area contributed by atoms with Gasteiger partial charge in [0.15, 0.2) is 5.79 Å². The van der Waals surface area contributed by atoms with E-state index in [2.05, 4.69) is 35.8 Å². The Balaban J connectivity index is 1.37. The van der Waals surface area contributed by atoms with Crippen LogP contribution in [-0.4, -0.2) is 50.7 Å². The zero-order valence-electron chi connectivity index (χ0n) is 22.1. The van der Waals surface area contributed by atoms with Crippen LogP contribution in [0.4, 0.5) is 11.8 Å². The van der Waals surface area contributed by atoms with Crippen molar-refractivity contribution < 1.29 is 14.6 Å². The second kappa shape index (κ2) is 9.89. The molecule has 2 aliphatic rings. The highest BCUT2D eigenvalue weighted by Crippen LogP contribution is 2.44. The molecule has 198 valence electrons. The average molecular weight is 532 g/mol. The van der Waals surface area contributed by atoms with Crippen LogP contribution in [0.15, 0.2) is 48.5 Å². The van der Waals surface area contributed by atoms with Gasteiger partial charge in [-0.3, -0.25) is 0 Å². The van der Waals surface area contributed by atoms with Crippen molar-refractivity contribution in [3.8, 4) is 10.6 Å². The van der Waals surface area contributed by atoms with E-state index in [0.717, 1.165) is 32.9 Å². The van der Waals surface area contributed by atoms with Gasteiger partial charge in [-0.15, -0.1) is 11.3 Å². The predicted octanol–water partition coefficient (Wildman–Crippen LogP) is 5.30. The van der Waals surface area contributed by atoms with Crippen LogP contribution < -0.4 is 10.6 Å². The Morgan fingerprint density at radius 3 is 2.55 bits per heavy atom. The van der Waals surface area contributed by atoms with Crippen LogP contribution in [0.1, 0.15) is 37.1 Å². The molecule has 0 spiro atoms. The molecule has 0 radical (unpaired) electrons. The molecular weight excluding hydrogens is 498 g/mol. The number of nitrogens with zero attached hydrogens (tertiary/aromatic N) is 3. The molecule has 2 aromatic heterocycles. The third-order valence-corrected chi connectivity index (χ3v) is 8.49. The molecule has 2 aromatic carbocycles. The molecule has 2 fully saturated rings. The first-order valence-electron chi connectivity index (χ1n) is 13.1. The summed E-state index contributed by atoms with van der Waals surface area (Å²) in [6.45, 7) is 8.62. The van der Waals surface area contributed by atoms with Crippen molar-refractivity contribution >= 4 is 33.3 Å². The van der Waals surface area contributed by atoms with Crippen LogP contribution in [0.2, 0.25) is 0 Å². The van der Waals surface area contributed by atoms with Crippen molar-refractivity contribution in [1.29, 1.82) is 0 Å². The fourth-order valence-corrected chi connectivity index (χ4v) is 6.62. The number of aliphatic hydroxyl groups is 1. The topological polar surface area (TPSA) is 101 Å². The zero-order valence-corrected chi connectivity index (χ0v) is 22.9. The number of hydrogen-bond donors (Lipinski definition) is 3. The van der Waals surface area contributed by atoms with Gasteiger partial charge in [0.2, 0.25) is 5.95 Å². The summed E-state index contributed by atoms with van der Waals surface area (Å²) >= 11 is 1.63. The molecule has 3 N–H and O–H groups in total. The number of aryl methyl sites for hydroxylation is 2. The number of ether oxygens (including phenoxy) is 2. The maximum atomic E-state index is 10.1. The van der Waals surface area contributed by atoms with E-state index in [1.54, 1.807) is 11.3 Å². The predicted molar refractivity (Wildman–Crippen MR) is 150 cm³/mol. The van der Waals surface area contributed by atoms with Crippen LogP contribution >= 0.6 is 11.3 Å². The molecule has 6 rings (SSSR count). The molecule has 38 heavy (non-hydrogen) atoms. The number of fused-ring (bicyclic) bond motifs is 2. The van der Waals surface area contributed by atoms with E-state index in [4.69, 9.17) is 24.4 Å². The molecule has 1 aliphatic heterocycles.